The first-order valence-corrected chi connectivity index (χ1v) is 6.58. The van der Waals surface area contributed by atoms with E-state index in [-0.39, 0.29) is 5.91 Å². The fraction of sp³-hybridized carbons (Fsp3) is 0.400. The maximum absolute atomic E-state index is 11.6. The second kappa shape index (κ2) is 8.70. The number of nitrogens with one attached hydrogen (secondary N) is 1. The third-order valence-corrected chi connectivity index (χ3v) is 2.73. The quantitative estimate of drug-likeness (QED) is 0.583. The lowest BCUT2D eigenvalue weighted by Crippen LogP contribution is -2.24. The summed E-state index contributed by atoms with van der Waals surface area (Å²) in [4.78, 5) is 15.9. The van der Waals surface area contributed by atoms with Crippen molar-refractivity contribution in [3.63, 3.8) is 0 Å². The van der Waals surface area contributed by atoms with Crippen LogP contribution in [0.1, 0.15) is 37.8 Å². The Hall–Kier alpha value is -2.35. The minimum absolute atomic E-state index is 0.0394. The summed E-state index contributed by atoms with van der Waals surface area (Å²) in [5.41, 5.74) is 1.57. The average Bonchev–Trinajstić information content (AvgIpc) is 2.92. The molecule has 0 spiro atoms. The van der Waals surface area contributed by atoms with Gasteiger partial charge in [0.15, 0.2) is 0 Å². The van der Waals surface area contributed by atoms with Crippen molar-refractivity contribution in [3.8, 4) is 6.07 Å². The van der Waals surface area contributed by atoms with Crippen LogP contribution in [0.2, 0.25) is 0 Å². The maximum Gasteiger partial charge on any atom is 0.225 e. The van der Waals surface area contributed by atoms with Gasteiger partial charge in [0.2, 0.25) is 11.8 Å². The molecule has 1 heterocycles. The number of aromatic nitrogens is 1. The number of oxazole rings is 1. The van der Waals surface area contributed by atoms with Gasteiger partial charge < -0.3 is 9.73 Å². The van der Waals surface area contributed by atoms with Crippen LogP contribution in [0.15, 0.2) is 29.4 Å². The van der Waals surface area contributed by atoms with Crippen LogP contribution in [0.3, 0.4) is 0 Å². The van der Waals surface area contributed by atoms with E-state index in [1.165, 1.54) is 0 Å². The minimum atomic E-state index is -0.0394. The Labute approximate surface area is 119 Å². The van der Waals surface area contributed by atoms with Gasteiger partial charge in [-0.15, -0.1) is 0 Å². The molecule has 0 aliphatic rings. The van der Waals surface area contributed by atoms with Gasteiger partial charge in [-0.3, -0.25) is 4.79 Å². The fourth-order valence-electron chi connectivity index (χ4n) is 1.61. The van der Waals surface area contributed by atoms with Gasteiger partial charge in [-0.2, -0.15) is 5.26 Å². The molecule has 1 aromatic rings. The predicted octanol–water partition coefficient (Wildman–Crippen LogP) is 2.62. The molecule has 106 valence electrons. The van der Waals surface area contributed by atoms with Gasteiger partial charge in [0.1, 0.15) is 6.26 Å². The van der Waals surface area contributed by atoms with E-state index in [0.717, 1.165) is 11.3 Å². The molecule has 0 aromatic carbocycles. The molecular formula is C15H19N3O2. The summed E-state index contributed by atoms with van der Waals surface area (Å²) < 4.78 is 5.34. The van der Waals surface area contributed by atoms with E-state index in [4.69, 9.17) is 9.68 Å². The van der Waals surface area contributed by atoms with Crippen LogP contribution in [0.5, 0.6) is 0 Å². The van der Waals surface area contributed by atoms with Crippen LogP contribution in [0.25, 0.3) is 5.57 Å². The largest absolute Gasteiger partial charge is 0.444 e. The summed E-state index contributed by atoms with van der Waals surface area (Å²) in [6, 6.07) is 2.04. The Morgan fingerprint density at radius 1 is 1.65 bits per heavy atom. The van der Waals surface area contributed by atoms with E-state index >= 15 is 0 Å². The minimum Gasteiger partial charge on any atom is -0.444 e. The van der Waals surface area contributed by atoms with Crippen LogP contribution in [0.4, 0.5) is 0 Å². The predicted molar refractivity (Wildman–Crippen MR) is 76.5 cm³/mol. The maximum atomic E-state index is 11.6. The highest BCUT2D eigenvalue weighted by Crippen LogP contribution is 2.15. The van der Waals surface area contributed by atoms with Crippen molar-refractivity contribution in [1.82, 2.24) is 10.3 Å². The lowest BCUT2D eigenvalue weighted by atomic mass is 10.2. The highest BCUT2D eigenvalue weighted by Gasteiger charge is 2.08. The summed E-state index contributed by atoms with van der Waals surface area (Å²) in [5, 5.41) is 11.1. The third-order valence-electron chi connectivity index (χ3n) is 2.73. The van der Waals surface area contributed by atoms with E-state index in [9.17, 15) is 4.79 Å². The van der Waals surface area contributed by atoms with E-state index < -0.39 is 0 Å². The first-order chi connectivity index (χ1) is 9.71. The Balaban J connectivity index is 2.37. The Kier molecular flexibility index (Phi) is 6.83. The van der Waals surface area contributed by atoms with Gasteiger partial charge in [-0.1, -0.05) is 18.7 Å². The number of nitriles is 1. The molecule has 0 aliphatic heterocycles. The second-order valence-electron chi connectivity index (χ2n) is 4.20. The van der Waals surface area contributed by atoms with Gasteiger partial charge in [-0.25, -0.2) is 4.98 Å². The van der Waals surface area contributed by atoms with Crippen LogP contribution in [-0.4, -0.2) is 17.4 Å². The molecular weight excluding hydrogens is 254 g/mol. The molecule has 5 nitrogen and oxygen atoms in total. The summed E-state index contributed by atoms with van der Waals surface area (Å²) in [7, 11) is 0. The van der Waals surface area contributed by atoms with Crippen molar-refractivity contribution in [2.75, 3.05) is 6.54 Å². The van der Waals surface area contributed by atoms with Crippen LogP contribution < -0.4 is 5.32 Å². The molecule has 0 saturated heterocycles. The van der Waals surface area contributed by atoms with Crippen molar-refractivity contribution in [2.24, 2.45) is 0 Å². The molecule has 20 heavy (non-hydrogen) atoms. The number of carbonyl (C=O) groups is 1. The van der Waals surface area contributed by atoms with Crippen molar-refractivity contribution in [1.29, 1.82) is 5.26 Å². The normalized spacial score (nSPS) is 10.9. The van der Waals surface area contributed by atoms with E-state index in [1.807, 2.05) is 19.1 Å². The Bertz CT molecular complexity index is 523. The number of rotatable bonds is 8. The highest BCUT2D eigenvalue weighted by molar-refractivity contribution is 5.76. The smallest absolute Gasteiger partial charge is 0.225 e. The van der Waals surface area contributed by atoms with E-state index in [0.29, 0.717) is 38.1 Å². The van der Waals surface area contributed by atoms with Gasteiger partial charge in [0.05, 0.1) is 11.8 Å². The summed E-state index contributed by atoms with van der Waals surface area (Å²) in [6.45, 7) is 6.11. The van der Waals surface area contributed by atoms with Crippen molar-refractivity contribution >= 4 is 11.5 Å². The zero-order chi connectivity index (χ0) is 14.8. The van der Waals surface area contributed by atoms with Crippen molar-refractivity contribution in [2.45, 2.75) is 32.6 Å². The lowest BCUT2D eigenvalue weighted by Gasteiger charge is -2.01. The van der Waals surface area contributed by atoms with Crippen molar-refractivity contribution in [3.05, 3.63) is 36.6 Å². The number of unbranched alkanes of at least 4 members (excludes halogenated alkanes) is 1. The number of hydrogen-bond donors (Lipinski definition) is 1. The number of allylic oxidation sites excluding steroid dienone is 3. The number of hydrogen-bond acceptors (Lipinski definition) is 4. The number of nitrogens with zero attached hydrogens (tertiary/aromatic N) is 2. The molecule has 1 rings (SSSR count). The standard InChI is InChI=1S/C15H19N3O2/c1-3-12(4-2)15-18-13(11-20-15)7-8-14(19)17-10-6-5-9-16/h3-4,11H,1,5-8,10H2,2H3,(H,17,19). The lowest BCUT2D eigenvalue weighted by molar-refractivity contribution is -0.121. The molecule has 1 aromatic heterocycles. The van der Waals surface area contributed by atoms with Gasteiger partial charge in [-0.05, 0) is 13.3 Å². The average molecular weight is 273 g/mol. The fourth-order valence-corrected chi connectivity index (χ4v) is 1.61. The molecule has 0 saturated carbocycles. The SMILES string of the molecule is C=CC(=CC)c1nc(CCC(=O)NCCCC#N)co1. The van der Waals surface area contributed by atoms with Gasteiger partial charge in [0, 0.05) is 31.4 Å². The Morgan fingerprint density at radius 2 is 2.45 bits per heavy atom. The molecule has 0 atom stereocenters. The number of amides is 1. The molecule has 0 fully saturated rings. The van der Waals surface area contributed by atoms with E-state index in [2.05, 4.69) is 16.9 Å². The number of aryl methyl sites for hydroxylation is 1. The zero-order valence-electron chi connectivity index (χ0n) is 11.7. The molecule has 0 radical (unpaired) electrons. The summed E-state index contributed by atoms with van der Waals surface area (Å²) in [6.07, 6.45) is 7.13. The van der Waals surface area contributed by atoms with E-state index in [1.54, 1.807) is 12.3 Å². The second-order valence-corrected chi connectivity index (χ2v) is 4.20. The van der Waals surface area contributed by atoms with Crippen molar-refractivity contribution < 1.29 is 9.21 Å². The molecule has 1 N–H and O–H groups in total. The molecule has 0 aliphatic carbocycles. The molecule has 0 bridgehead atoms. The first kappa shape index (κ1) is 15.7. The van der Waals surface area contributed by atoms with Crippen LogP contribution in [-0.2, 0) is 11.2 Å². The molecule has 0 unspecified atom stereocenters. The summed E-state index contributed by atoms with van der Waals surface area (Å²) >= 11 is 0. The topological polar surface area (TPSA) is 78.9 Å². The Morgan fingerprint density at radius 3 is 3.10 bits per heavy atom. The zero-order valence-corrected chi connectivity index (χ0v) is 11.7. The molecule has 5 heteroatoms. The van der Waals surface area contributed by atoms with Crippen LogP contribution >= 0.6 is 0 Å². The van der Waals surface area contributed by atoms with Gasteiger partial charge in [0.25, 0.3) is 0 Å². The highest BCUT2D eigenvalue weighted by atomic mass is 16.3. The monoisotopic (exact) mass is 273 g/mol. The summed E-state index contributed by atoms with van der Waals surface area (Å²) in [5.74, 6) is 0.481. The number of carbonyl (C=O) groups excluding carboxylic acids is 1. The third kappa shape index (κ3) is 5.11. The van der Waals surface area contributed by atoms with Gasteiger partial charge >= 0.3 is 0 Å². The molecule has 1 amide bonds. The first-order valence-electron chi connectivity index (χ1n) is 6.58. The van der Waals surface area contributed by atoms with Crippen LogP contribution in [0, 0.1) is 11.3 Å².